The minimum Gasteiger partial charge on any atom is -0.333 e. The first-order valence-electron chi connectivity index (χ1n) is 7.36. The first kappa shape index (κ1) is 17.1. The van der Waals surface area contributed by atoms with Gasteiger partial charge in [0, 0.05) is 10.6 Å². The second-order valence-corrected chi connectivity index (χ2v) is 6.87. The van der Waals surface area contributed by atoms with Gasteiger partial charge in [-0.2, -0.15) is 5.26 Å². The summed E-state index contributed by atoms with van der Waals surface area (Å²) in [7, 11) is 0. The maximum absolute atomic E-state index is 12.1. The highest BCUT2D eigenvalue weighted by atomic mass is 35.5. The van der Waals surface area contributed by atoms with Crippen LogP contribution in [0.1, 0.15) is 38.3 Å². The lowest BCUT2D eigenvalue weighted by atomic mass is 9.98. The van der Waals surface area contributed by atoms with Gasteiger partial charge < -0.3 is 10.6 Å². The Hall–Kier alpha value is -1.28. The zero-order valence-corrected chi connectivity index (χ0v) is 14.2. The van der Waals surface area contributed by atoms with Crippen LogP contribution in [-0.2, 0) is 4.79 Å². The van der Waals surface area contributed by atoms with Crippen LogP contribution in [0.3, 0.4) is 0 Å². The van der Waals surface area contributed by atoms with E-state index >= 15 is 0 Å². The molecule has 4 nitrogen and oxygen atoms in total. The number of hydrogen-bond donors (Lipinski definition) is 2. The zero-order valence-electron chi connectivity index (χ0n) is 12.7. The maximum atomic E-state index is 12.1. The number of nitriles is 1. The van der Waals surface area contributed by atoms with Gasteiger partial charge in [0.25, 0.3) is 5.91 Å². The normalized spacial score (nSPS) is 18.1. The third kappa shape index (κ3) is 4.13. The first-order valence-corrected chi connectivity index (χ1v) is 8.12. The third-order valence-corrected chi connectivity index (χ3v) is 4.70. The van der Waals surface area contributed by atoms with E-state index in [1.54, 1.807) is 19.1 Å². The van der Waals surface area contributed by atoms with Gasteiger partial charge in [-0.15, -0.1) is 0 Å². The molecule has 3 N–H and O–H groups in total. The number of carbonyl (C=O) groups excluding carboxylic acids is 1. The van der Waals surface area contributed by atoms with Crippen LogP contribution in [-0.4, -0.2) is 18.0 Å². The molecule has 1 aromatic carbocycles. The largest absolute Gasteiger partial charge is 0.333 e. The van der Waals surface area contributed by atoms with E-state index in [1.165, 1.54) is 0 Å². The number of rotatable bonds is 6. The molecule has 1 fully saturated rings. The molecule has 1 aliphatic rings. The summed E-state index contributed by atoms with van der Waals surface area (Å²) in [5, 5.41) is 15.2. The van der Waals surface area contributed by atoms with Crippen LogP contribution in [0, 0.1) is 17.2 Å². The molecule has 0 aliphatic heterocycles. The van der Waals surface area contributed by atoms with Crippen LogP contribution in [0.2, 0.25) is 10.0 Å². The van der Waals surface area contributed by atoms with Gasteiger partial charge in [0.1, 0.15) is 11.6 Å². The van der Waals surface area contributed by atoms with Crippen molar-refractivity contribution in [3.8, 4) is 6.07 Å². The van der Waals surface area contributed by atoms with Crippen LogP contribution >= 0.6 is 23.2 Å². The number of quaternary nitrogens is 1. The van der Waals surface area contributed by atoms with Gasteiger partial charge >= 0.3 is 0 Å². The van der Waals surface area contributed by atoms with Crippen molar-refractivity contribution in [2.45, 2.75) is 38.3 Å². The number of nitrogens with one attached hydrogen (secondary N) is 1. The van der Waals surface area contributed by atoms with E-state index in [9.17, 15) is 10.1 Å². The Morgan fingerprint density at radius 1 is 1.55 bits per heavy atom. The fourth-order valence-corrected chi connectivity index (χ4v) is 3.08. The maximum Gasteiger partial charge on any atom is 0.276 e. The minimum atomic E-state index is -0.744. The van der Waals surface area contributed by atoms with Gasteiger partial charge in [0.15, 0.2) is 6.54 Å². The van der Waals surface area contributed by atoms with Gasteiger partial charge in [-0.25, -0.2) is 0 Å². The summed E-state index contributed by atoms with van der Waals surface area (Å²) in [6.45, 7) is 4.03. The van der Waals surface area contributed by atoms with Crippen molar-refractivity contribution in [2.24, 2.45) is 5.92 Å². The lowest BCUT2D eigenvalue weighted by molar-refractivity contribution is -0.682. The van der Waals surface area contributed by atoms with Crippen LogP contribution in [0.5, 0.6) is 0 Å². The molecule has 1 amide bonds. The Kier molecular flexibility index (Phi) is 5.33. The fraction of sp³-hybridized carbons (Fsp3) is 0.500. The predicted octanol–water partition coefficient (Wildman–Crippen LogP) is 2.43. The zero-order chi connectivity index (χ0) is 16.3. The van der Waals surface area contributed by atoms with E-state index in [2.05, 4.69) is 11.4 Å². The Labute approximate surface area is 140 Å². The molecule has 22 heavy (non-hydrogen) atoms. The van der Waals surface area contributed by atoms with Gasteiger partial charge in [0.05, 0.1) is 11.1 Å². The van der Waals surface area contributed by atoms with Gasteiger partial charge in [-0.1, -0.05) is 29.3 Å². The molecule has 0 bridgehead atoms. The Balaban J connectivity index is 1.89. The molecule has 0 saturated heterocycles. The molecular weight excluding hydrogens is 321 g/mol. The molecule has 1 aromatic rings. The predicted molar refractivity (Wildman–Crippen MR) is 86.6 cm³/mol. The highest BCUT2D eigenvalue weighted by Gasteiger charge is 2.43. The average molecular weight is 341 g/mol. The summed E-state index contributed by atoms with van der Waals surface area (Å²) in [6.07, 6.45) is 2.01. The first-order chi connectivity index (χ1) is 10.4. The monoisotopic (exact) mass is 340 g/mol. The van der Waals surface area contributed by atoms with Crippen molar-refractivity contribution in [3.05, 3.63) is 33.8 Å². The Morgan fingerprint density at radius 3 is 2.77 bits per heavy atom. The van der Waals surface area contributed by atoms with E-state index < -0.39 is 5.54 Å². The second-order valence-electron chi connectivity index (χ2n) is 6.03. The molecule has 2 rings (SSSR count). The van der Waals surface area contributed by atoms with Crippen LogP contribution in [0.15, 0.2) is 18.2 Å². The number of hydrogen-bond acceptors (Lipinski definition) is 2. The molecule has 1 aliphatic carbocycles. The van der Waals surface area contributed by atoms with Crippen LogP contribution in [0.25, 0.3) is 0 Å². The van der Waals surface area contributed by atoms with Crippen molar-refractivity contribution in [2.75, 3.05) is 6.54 Å². The highest BCUT2D eigenvalue weighted by Crippen LogP contribution is 2.39. The lowest BCUT2D eigenvalue weighted by Crippen LogP contribution is -2.87. The Morgan fingerprint density at radius 2 is 2.23 bits per heavy atom. The van der Waals surface area contributed by atoms with E-state index in [0.717, 1.165) is 18.4 Å². The quantitative estimate of drug-likeness (QED) is 0.834. The number of carbonyl (C=O) groups is 1. The standard InChI is InChI=1S/C16H19Cl2N3O/c1-10(13-6-5-12(17)7-14(13)18)20-8-15(22)21-16(2,9-19)11-3-4-11/h5-7,10-11,20H,3-4,8H2,1-2H3,(H,21,22)/p+1/t10-,16+/m0/s1. The van der Waals surface area contributed by atoms with Gasteiger partial charge in [0.2, 0.25) is 0 Å². The van der Waals surface area contributed by atoms with Crippen molar-refractivity contribution in [1.29, 1.82) is 5.26 Å². The third-order valence-electron chi connectivity index (χ3n) is 4.14. The van der Waals surface area contributed by atoms with E-state index in [1.807, 2.05) is 18.3 Å². The summed E-state index contributed by atoms with van der Waals surface area (Å²) in [5.41, 5.74) is 0.190. The van der Waals surface area contributed by atoms with Crippen molar-refractivity contribution < 1.29 is 10.1 Å². The van der Waals surface area contributed by atoms with Gasteiger partial charge in [-0.05, 0) is 44.7 Å². The van der Waals surface area contributed by atoms with E-state index in [4.69, 9.17) is 23.2 Å². The molecule has 1 saturated carbocycles. The number of amides is 1. The molecule has 0 aromatic heterocycles. The number of halogens is 2. The summed E-state index contributed by atoms with van der Waals surface area (Å²) in [6, 6.07) is 7.61. The Bertz CT molecular complexity index is 610. The van der Waals surface area contributed by atoms with Crippen LogP contribution < -0.4 is 10.6 Å². The molecule has 0 radical (unpaired) electrons. The molecule has 6 heteroatoms. The molecular formula is C16H20Cl2N3O+. The smallest absolute Gasteiger partial charge is 0.276 e. The lowest BCUT2D eigenvalue weighted by Gasteiger charge is -2.22. The van der Waals surface area contributed by atoms with Crippen molar-refractivity contribution in [3.63, 3.8) is 0 Å². The van der Waals surface area contributed by atoms with Crippen molar-refractivity contribution in [1.82, 2.24) is 5.32 Å². The number of nitrogens with zero attached hydrogens (tertiary/aromatic N) is 1. The highest BCUT2D eigenvalue weighted by molar-refractivity contribution is 6.35. The van der Waals surface area contributed by atoms with Crippen LogP contribution in [0.4, 0.5) is 0 Å². The van der Waals surface area contributed by atoms with E-state index in [0.29, 0.717) is 10.0 Å². The summed E-state index contributed by atoms with van der Waals surface area (Å²) < 4.78 is 0. The average Bonchev–Trinajstić information content (AvgIpc) is 3.29. The second kappa shape index (κ2) is 6.87. The summed E-state index contributed by atoms with van der Waals surface area (Å²) in [5.74, 6) is 0.150. The molecule has 0 heterocycles. The minimum absolute atomic E-state index is 0.0322. The molecule has 0 spiro atoms. The van der Waals surface area contributed by atoms with Crippen molar-refractivity contribution >= 4 is 29.1 Å². The number of nitrogens with two attached hydrogens (primary N) is 1. The van der Waals surface area contributed by atoms with Gasteiger partial charge in [-0.3, -0.25) is 4.79 Å². The molecule has 0 unspecified atom stereocenters. The topological polar surface area (TPSA) is 69.5 Å². The fourth-order valence-electron chi connectivity index (χ4n) is 2.50. The summed E-state index contributed by atoms with van der Waals surface area (Å²) in [4.78, 5) is 12.1. The SMILES string of the molecule is C[C@H]([NH2+]CC(=O)N[C@](C)(C#N)C1CC1)c1ccc(Cl)cc1Cl. The molecule has 118 valence electrons. The summed E-state index contributed by atoms with van der Waals surface area (Å²) >= 11 is 12.1. The van der Waals surface area contributed by atoms with E-state index in [-0.39, 0.29) is 24.4 Å². The molecule has 2 atom stereocenters. The number of benzene rings is 1.